The second-order valence-electron chi connectivity index (χ2n) is 4.23. The number of ether oxygens (including phenoxy) is 1. The molecule has 0 spiro atoms. The number of nitro benzene ring substituents is 1. The summed E-state index contributed by atoms with van der Waals surface area (Å²) in [6, 6.07) is 2.08. The van der Waals surface area contributed by atoms with Crippen molar-refractivity contribution >= 4 is 11.4 Å². The molecule has 2 rings (SSSR count). The van der Waals surface area contributed by atoms with Crippen molar-refractivity contribution in [2.24, 2.45) is 0 Å². The smallest absolute Gasteiger partial charge is 0.313 e. The molecule has 7 heteroatoms. The molecule has 1 saturated carbocycles. The maximum atomic E-state index is 13.7. The molecule has 1 aliphatic carbocycles. The van der Waals surface area contributed by atoms with Gasteiger partial charge in [-0.3, -0.25) is 10.1 Å². The van der Waals surface area contributed by atoms with Gasteiger partial charge < -0.3 is 15.2 Å². The van der Waals surface area contributed by atoms with Crippen molar-refractivity contribution < 1.29 is 19.2 Å². The minimum Gasteiger partial charge on any atom is -0.490 e. The molecule has 0 amide bonds. The lowest BCUT2D eigenvalue weighted by Gasteiger charge is -2.32. The number of methoxy groups -OCH3 is 1. The first-order valence-electron chi connectivity index (χ1n) is 5.47. The minimum absolute atomic E-state index is 0.00349. The summed E-state index contributed by atoms with van der Waals surface area (Å²) in [4.78, 5) is 9.99. The molecule has 18 heavy (non-hydrogen) atoms. The maximum absolute atomic E-state index is 13.7. The topological polar surface area (TPSA) is 84.6 Å². The van der Waals surface area contributed by atoms with Crippen LogP contribution < -0.4 is 10.1 Å². The van der Waals surface area contributed by atoms with E-state index < -0.39 is 16.4 Å². The number of nitro groups is 1. The van der Waals surface area contributed by atoms with Crippen LogP contribution in [0.15, 0.2) is 12.1 Å². The van der Waals surface area contributed by atoms with Gasteiger partial charge in [0.05, 0.1) is 29.9 Å². The van der Waals surface area contributed by atoms with Gasteiger partial charge in [-0.25, -0.2) is 4.39 Å². The molecule has 0 atom stereocenters. The number of nitrogens with zero attached hydrogens (tertiary/aromatic N) is 1. The second kappa shape index (κ2) is 4.77. The molecule has 0 unspecified atom stereocenters. The molecule has 1 aliphatic rings. The van der Waals surface area contributed by atoms with Gasteiger partial charge in [-0.05, 0) is 12.8 Å². The molecule has 98 valence electrons. The van der Waals surface area contributed by atoms with E-state index in [1.165, 1.54) is 13.2 Å². The predicted octanol–water partition coefficient (Wildman–Crippen LogP) is 1.68. The number of anilines is 1. The zero-order valence-electron chi connectivity index (χ0n) is 9.72. The number of hydrogen-bond acceptors (Lipinski definition) is 5. The van der Waals surface area contributed by atoms with Crippen LogP contribution >= 0.6 is 0 Å². The third-order valence-electron chi connectivity index (χ3n) is 2.94. The molecule has 1 aromatic rings. The van der Waals surface area contributed by atoms with E-state index in [4.69, 9.17) is 9.84 Å². The van der Waals surface area contributed by atoms with Crippen LogP contribution in [0.4, 0.5) is 15.8 Å². The number of hydrogen-bond donors (Lipinski definition) is 2. The summed E-state index contributed by atoms with van der Waals surface area (Å²) in [5.74, 6) is -0.701. The first kappa shape index (κ1) is 12.6. The first-order valence-corrected chi connectivity index (χ1v) is 5.47. The van der Waals surface area contributed by atoms with Gasteiger partial charge in [0.25, 0.3) is 0 Å². The van der Waals surface area contributed by atoms with Crippen molar-refractivity contribution in [1.82, 2.24) is 0 Å². The lowest BCUT2D eigenvalue weighted by atomic mass is 9.89. The van der Waals surface area contributed by atoms with Crippen molar-refractivity contribution in [3.05, 3.63) is 28.1 Å². The van der Waals surface area contributed by atoms with Crippen molar-refractivity contribution in [2.75, 3.05) is 12.4 Å². The van der Waals surface area contributed by atoms with E-state index in [-0.39, 0.29) is 23.6 Å². The van der Waals surface area contributed by atoms with Gasteiger partial charge in [0.2, 0.25) is 0 Å². The highest BCUT2D eigenvalue weighted by molar-refractivity contribution is 5.59. The number of nitrogens with one attached hydrogen (secondary N) is 1. The van der Waals surface area contributed by atoms with Crippen molar-refractivity contribution in [1.29, 1.82) is 0 Å². The van der Waals surface area contributed by atoms with Crippen molar-refractivity contribution in [3.8, 4) is 5.75 Å². The number of aliphatic hydroxyl groups excluding tert-OH is 1. The number of halogens is 1. The molecule has 1 fully saturated rings. The van der Waals surface area contributed by atoms with Crippen LogP contribution in [0.3, 0.4) is 0 Å². The van der Waals surface area contributed by atoms with Gasteiger partial charge >= 0.3 is 5.69 Å². The standard InChI is InChI=1S/C11H13FN2O4/c1-18-11-5-9(13-6-2-7(15)3-6)8(12)4-10(11)14(16)17/h4-7,13,15H,2-3H2,1H3. The Kier molecular flexibility index (Phi) is 3.33. The molecule has 0 aromatic heterocycles. The Balaban J connectivity index is 2.23. The van der Waals surface area contributed by atoms with Gasteiger partial charge in [0.1, 0.15) is 0 Å². The normalized spacial score (nSPS) is 22.2. The van der Waals surface area contributed by atoms with E-state index in [9.17, 15) is 14.5 Å². The van der Waals surface area contributed by atoms with E-state index in [1.807, 2.05) is 0 Å². The monoisotopic (exact) mass is 256 g/mol. The fourth-order valence-electron chi connectivity index (χ4n) is 1.89. The summed E-state index contributed by atoms with van der Waals surface area (Å²) in [6.07, 6.45) is 0.725. The van der Waals surface area contributed by atoms with Crippen LogP contribution in [0.5, 0.6) is 5.75 Å². The van der Waals surface area contributed by atoms with E-state index in [0.29, 0.717) is 12.8 Å². The van der Waals surface area contributed by atoms with Gasteiger partial charge in [-0.2, -0.15) is 0 Å². The van der Waals surface area contributed by atoms with Gasteiger partial charge in [0, 0.05) is 12.1 Å². The fourth-order valence-corrected chi connectivity index (χ4v) is 1.89. The Labute approximate surface area is 103 Å². The highest BCUT2D eigenvalue weighted by Crippen LogP contribution is 2.34. The second-order valence-corrected chi connectivity index (χ2v) is 4.23. The summed E-state index contributed by atoms with van der Waals surface area (Å²) in [5.41, 5.74) is -0.261. The highest BCUT2D eigenvalue weighted by Gasteiger charge is 2.28. The van der Waals surface area contributed by atoms with Gasteiger partial charge in [0.15, 0.2) is 11.6 Å². The Bertz CT molecular complexity index is 474. The van der Waals surface area contributed by atoms with Crippen LogP contribution in [0, 0.1) is 15.9 Å². The minimum atomic E-state index is -0.705. The highest BCUT2D eigenvalue weighted by atomic mass is 19.1. The molecule has 0 heterocycles. The number of benzene rings is 1. The molecule has 0 bridgehead atoms. The lowest BCUT2D eigenvalue weighted by Crippen LogP contribution is -2.39. The van der Waals surface area contributed by atoms with Crippen LogP contribution in [-0.2, 0) is 0 Å². The Morgan fingerprint density at radius 2 is 2.22 bits per heavy atom. The van der Waals surface area contributed by atoms with Gasteiger partial charge in [-0.1, -0.05) is 0 Å². The van der Waals surface area contributed by atoms with Crippen LogP contribution in [0.1, 0.15) is 12.8 Å². The third-order valence-corrected chi connectivity index (χ3v) is 2.94. The molecule has 0 radical (unpaired) electrons. The molecule has 0 saturated heterocycles. The van der Waals surface area contributed by atoms with Crippen LogP contribution in [0.2, 0.25) is 0 Å². The number of aliphatic hydroxyl groups is 1. The Hall–Kier alpha value is -1.89. The molecule has 0 aliphatic heterocycles. The van der Waals surface area contributed by atoms with E-state index in [1.54, 1.807) is 0 Å². The fraction of sp³-hybridized carbons (Fsp3) is 0.455. The molecular formula is C11H13FN2O4. The summed E-state index contributed by atoms with van der Waals surface area (Å²) in [6.45, 7) is 0. The first-order chi connectivity index (χ1) is 8.51. The summed E-state index contributed by atoms with van der Waals surface area (Å²) < 4.78 is 18.5. The molecule has 6 nitrogen and oxygen atoms in total. The van der Waals surface area contributed by atoms with Gasteiger partial charge in [-0.15, -0.1) is 0 Å². The Morgan fingerprint density at radius 3 is 2.72 bits per heavy atom. The Morgan fingerprint density at radius 1 is 1.56 bits per heavy atom. The van der Waals surface area contributed by atoms with Crippen LogP contribution in [-0.4, -0.2) is 29.3 Å². The largest absolute Gasteiger partial charge is 0.490 e. The average Bonchev–Trinajstić information content (AvgIpc) is 2.28. The summed E-state index contributed by atoms with van der Waals surface area (Å²) in [7, 11) is 1.29. The van der Waals surface area contributed by atoms with E-state index in [2.05, 4.69) is 5.32 Å². The SMILES string of the molecule is COc1cc(NC2CC(O)C2)c(F)cc1[N+](=O)[O-]. The van der Waals surface area contributed by atoms with Crippen LogP contribution in [0.25, 0.3) is 0 Å². The molecule has 1 aromatic carbocycles. The molecule has 2 N–H and O–H groups in total. The zero-order chi connectivity index (χ0) is 13.3. The average molecular weight is 256 g/mol. The summed E-state index contributed by atoms with van der Waals surface area (Å²) >= 11 is 0. The van der Waals surface area contributed by atoms with E-state index in [0.717, 1.165) is 6.07 Å². The summed E-state index contributed by atoms with van der Waals surface area (Å²) in [5, 5.41) is 22.7. The quantitative estimate of drug-likeness (QED) is 0.632. The van der Waals surface area contributed by atoms with Crippen molar-refractivity contribution in [2.45, 2.75) is 25.0 Å². The maximum Gasteiger partial charge on any atom is 0.313 e. The predicted molar refractivity (Wildman–Crippen MR) is 62.3 cm³/mol. The zero-order valence-corrected chi connectivity index (χ0v) is 9.72. The third kappa shape index (κ3) is 2.35. The van der Waals surface area contributed by atoms with E-state index >= 15 is 0 Å². The lowest BCUT2D eigenvalue weighted by molar-refractivity contribution is -0.385. The van der Waals surface area contributed by atoms with Crippen molar-refractivity contribution in [3.63, 3.8) is 0 Å². The molecular weight excluding hydrogens is 243 g/mol. The number of rotatable bonds is 4.